The van der Waals surface area contributed by atoms with Crippen LogP contribution in [-0.2, 0) is 4.74 Å². The van der Waals surface area contributed by atoms with Crippen molar-refractivity contribution in [1.82, 2.24) is 0 Å². The summed E-state index contributed by atoms with van der Waals surface area (Å²) in [5.74, 6) is -0.333. The number of hydrogen-bond acceptors (Lipinski definition) is 6. The van der Waals surface area contributed by atoms with Gasteiger partial charge in [0.2, 0.25) is 0 Å². The predicted octanol–water partition coefficient (Wildman–Crippen LogP) is -1.36. The minimum Gasteiger partial charge on any atom is -0.510 e. The molecule has 0 amide bonds. The third-order valence-corrected chi connectivity index (χ3v) is 2.38. The molecule has 0 aliphatic carbocycles. The Morgan fingerprint density at radius 2 is 1.67 bits per heavy atom. The van der Waals surface area contributed by atoms with E-state index >= 15 is 0 Å². The quantitative estimate of drug-likeness (QED) is 0.367. The van der Waals surface area contributed by atoms with Gasteiger partial charge in [0.25, 0.3) is 0 Å². The highest BCUT2D eigenvalue weighted by Gasteiger charge is 2.46. The average molecular weight is 220 g/mol. The molecule has 1 fully saturated rings. The molecule has 0 unspecified atom stereocenters. The molecule has 0 aromatic carbocycles. The SMILES string of the molecule is CC(C)=C(O)[C@H](O)[C@@H]1O[C@@H](O)[C@@H](O)[C@@H]1O. The van der Waals surface area contributed by atoms with Crippen molar-refractivity contribution < 1.29 is 30.3 Å². The first-order valence-corrected chi connectivity index (χ1v) is 4.60. The fraction of sp³-hybridized carbons (Fsp3) is 0.778. The molecule has 0 saturated carbocycles. The number of hydrogen-bond donors (Lipinski definition) is 5. The van der Waals surface area contributed by atoms with E-state index in [0.717, 1.165) is 0 Å². The van der Waals surface area contributed by atoms with Crippen LogP contribution in [-0.4, -0.2) is 56.2 Å². The molecule has 6 heteroatoms. The first kappa shape index (κ1) is 12.4. The fourth-order valence-corrected chi connectivity index (χ4v) is 1.40. The zero-order valence-corrected chi connectivity index (χ0v) is 8.53. The molecule has 0 spiro atoms. The number of aliphatic hydroxyl groups excluding tert-OH is 5. The maximum atomic E-state index is 9.58. The summed E-state index contributed by atoms with van der Waals surface area (Å²) in [4.78, 5) is 0. The molecule has 0 aromatic rings. The third-order valence-electron chi connectivity index (χ3n) is 2.38. The van der Waals surface area contributed by atoms with E-state index in [2.05, 4.69) is 0 Å². The molecule has 1 heterocycles. The van der Waals surface area contributed by atoms with Crippen molar-refractivity contribution in [3.05, 3.63) is 11.3 Å². The molecule has 6 nitrogen and oxygen atoms in total. The summed E-state index contributed by atoms with van der Waals surface area (Å²) < 4.78 is 4.73. The second-order valence-electron chi connectivity index (χ2n) is 3.80. The molecular formula is C9H16O6. The highest BCUT2D eigenvalue weighted by Crippen LogP contribution is 2.25. The molecular weight excluding hydrogens is 204 g/mol. The molecule has 1 aliphatic rings. The summed E-state index contributed by atoms with van der Waals surface area (Å²) >= 11 is 0. The van der Waals surface area contributed by atoms with E-state index in [0.29, 0.717) is 5.57 Å². The maximum absolute atomic E-state index is 9.58. The van der Waals surface area contributed by atoms with E-state index in [-0.39, 0.29) is 5.76 Å². The Morgan fingerprint density at radius 1 is 1.13 bits per heavy atom. The van der Waals surface area contributed by atoms with Gasteiger partial charge in [-0.05, 0) is 19.4 Å². The molecule has 0 bridgehead atoms. The van der Waals surface area contributed by atoms with Crippen LogP contribution in [0.1, 0.15) is 13.8 Å². The van der Waals surface area contributed by atoms with E-state index in [1.165, 1.54) is 0 Å². The van der Waals surface area contributed by atoms with Gasteiger partial charge in [0.1, 0.15) is 30.2 Å². The standard InChI is InChI=1S/C9H16O6/c1-3(2)4(10)5(11)8-6(12)7(13)9(14)15-8/h5-14H,1-2H3/t5-,6-,7-,8-,9+/m0/s1. The van der Waals surface area contributed by atoms with Crippen molar-refractivity contribution in [1.29, 1.82) is 0 Å². The summed E-state index contributed by atoms with van der Waals surface area (Å²) in [5, 5.41) is 46.6. The van der Waals surface area contributed by atoms with Crippen LogP contribution in [0.2, 0.25) is 0 Å². The highest BCUT2D eigenvalue weighted by molar-refractivity contribution is 5.10. The normalized spacial score (nSPS) is 37.7. The van der Waals surface area contributed by atoms with Gasteiger partial charge in [-0.2, -0.15) is 0 Å². The average Bonchev–Trinajstić information content (AvgIpc) is 2.43. The summed E-state index contributed by atoms with van der Waals surface area (Å²) in [6.07, 6.45) is -7.16. The van der Waals surface area contributed by atoms with Gasteiger partial charge in [0.15, 0.2) is 6.29 Å². The molecule has 88 valence electrons. The molecule has 1 saturated heterocycles. The second-order valence-corrected chi connectivity index (χ2v) is 3.80. The van der Waals surface area contributed by atoms with E-state index in [1.807, 2.05) is 0 Å². The fourth-order valence-electron chi connectivity index (χ4n) is 1.40. The van der Waals surface area contributed by atoms with E-state index in [9.17, 15) is 20.4 Å². The molecule has 15 heavy (non-hydrogen) atoms. The van der Waals surface area contributed by atoms with Crippen LogP contribution < -0.4 is 0 Å². The largest absolute Gasteiger partial charge is 0.510 e. The van der Waals surface area contributed by atoms with Gasteiger partial charge in [-0.25, -0.2) is 0 Å². The van der Waals surface area contributed by atoms with Gasteiger partial charge >= 0.3 is 0 Å². The van der Waals surface area contributed by atoms with Crippen LogP contribution in [0.5, 0.6) is 0 Å². The lowest BCUT2D eigenvalue weighted by Gasteiger charge is -2.20. The summed E-state index contributed by atoms with van der Waals surface area (Å²) in [7, 11) is 0. The van der Waals surface area contributed by atoms with Crippen LogP contribution in [0, 0.1) is 0 Å². The lowest BCUT2D eigenvalue weighted by atomic mass is 10.0. The third kappa shape index (κ3) is 2.30. The Hall–Kier alpha value is -0.660. The minimum absolute atomic E-state index is 0.333. The first-order valence-electron chi connectivity index (χ1n) is 4.60. The zero-order chi connectivity index (χ0) is 11.7. The Morgan fingerprint density at radius 3 is 2.00 bits per heavy atom. The van der Waals surface area contributed by atoms with Gasteiger partial charge in [0.05, 0.1) is 0 Å². The van der Waals surface area contributed by atoms with E-state index in [1.54, 1.807) is 13.8 Å². The van der Waals surface area contributed by atoms with Crippen molar-refractivity contribution >= 4 is 0 Å². The molecule has 0 aromatic heterocycles. The maximum Gasteiger partial charge on any atom is 0.184 e. The topological polar surface area (TPSA) is 110 Å². The monoisotopic (exact) mass is 220 g/mol. The highest BCUT2D eigenvalue weighted by atomic mass is 16.6. The van der Waals surface area contributed by atoms with E-state index < -0.39 is 30.7 Å². The van der Waals surface area contributed by atoms with E-state index in [4.69, 9.17) is 9.84 Å². The second kappa shape index (κ2) is 4.46. The Labute approximate surface area is 87.0 Å². The number of aliphatic hydroxyl groups is 5. The number of allylic oxidation sites excluding steroid dienone is 1. The lowest BCUT2D eigenvalue weighted by molar-refractivity contribution is -0.144. The Kier molecular flexibility index (Phi) is 3.69. The van der Waals surface area contributed by atoms with Crippen LogP contribution >= 0.6 is 0 Å². The Bertz CT molecular complexity index is 259. The van der Waals surface area contributed by atoms with Gasteiger partial charge in [0, 0.05) is 0 Å². The van der Waals surface area contributed by atoms with Crippen molar-refractivity contribution in [2.24, 2.45) is 0 Å². The molecule has 0 radical (unpaired) electrons. The van der Waals surface area contributed by atoms with Gasteiger partial charge < -0.3 is 30.3 Å². The summed E-state index contributed by atoms with van der Waals surface area (Å²) in [6.45, 7) is 3.15. The van der Waals surface area contributed by atoms with Crippen molar-refractivity contribution in [2.45, 2.75) is 44.6 Å². The van der Waals surface area contributed by atoms with Crippen LogP contribution in [0.25, 0.3) is 0 Å². The molecule has 1 aliphatic heterocycles. The number of rotatable bonds is 2. The smallest absolute Gasteiger partial charge is 0.184 e. The van der Waals surface area contributed by atoms with Gasteiger partial charge in [-0.15, -0.1) is 0 Å². The van der Waals surface area contributed by atoms with Crippen LogP contribution in [0.4, 0.5) is 0 Å². The van der Waals surface area contributed by atoms with Crippen molar-refractivity contribution in [2.75, 3.05) is 0 Å². The predicted molar refractivity (Wildman–Crippen MR) is 49.9 cm³/mol. The van der Waals surface area contributed by atoms with Gasteiger partial charge in [-0.3, -0.25) is 0 Å². The van der Waals surface area contributed by atoms with Crippen molar-refractivity contribution in [3.8, 4) is 0 Å². The molecule has 5 N–H and O–H groups in total. The molecule has 5 atom stereocenters. The zero-order valence-electron chi connectivity index (χ0n) is 8.53. The summed E-state index contributed by atoms with van der Waals surface area (Å²) in [5.41, 5.74) is 0.467. The van der Waals surface area contributed by atoms with Crippen LogP contribution in [0.15, 0.2) is 11.3 Å². The summed E-state index contributed by atoms with van der Waals surface area (Å²) in [6, 6.07) is 0. The first-order chi connectivity index (χ1) is 6.86. The lowest BCUT2D eigenvalue weighted by Crippen LogP contribution is -2.40. The number of ether oxygens (including phenoxy) is 1. The minimum atomic E-state index is -1.55. The van der Waals surface area contributed by atoms with Crippen molar-refractivity contribution in [3.63, 3.8) is 0 Å². The van der Waals surface area contributed by atoms with Crippen LogP contribution in [0.3, 0.4) is 0 Å². The Balaban J connectivity index is 2.78. The molecule has 1 rings (SSSR count). The van der Waals surface area contributed by atoms with Gasteiger partial charge in [-0.1, -0.05) is 0 Å².